The topological polar surface area (TPSA) is 32.7 Å². The molecular weight excluding hydrogens is 250 g/mol. The second-order valence-electron chi connectivity index (χ2n) is 5.49. The lowest BCUT2D eigenvalue weighted by Crippen LogP contribution is -2.30. The van der Waals surface area contributed by atoms with Crippen molar-refractivity contribution in [1.29, 1.82) is 0 Å². The molecule has 0 radical (unpaired) electrons. The van der Waals surface area contributed by atoms with E-state index in [1.807, 2.05) is 26.0 Å². The number of nitrogens with zero attached hydrogens (tertiary/aromatic N) is 1. The van der Waals surface area contributed by atoms with Gasteiger partial charge in [0.25, 0.3) is 0 Å². The van der Waals surface area contributed by atoms with Gasteiger partial charge in [-0.25, -0.2) is 0 Å². The monoisotopic (exact) mass is 279 g/mol. The summed E-state index contributed by atoms with van der Waals surface area (Å²) in [4.78, 5) is 2.34. The highest BCUT2D eigenvalue weighted by molar-refractivity contribution is 5.42. The number of methoxy groups -OCH3 is 1. The van der Waals surface area contributed by atoms with E-state index < -0.39 is 6.10 Å². The molecule has 0 saturated heterocycles. The molecule has 0 spiro atoms. The van der Waals surface area contributed by atoms with Crippen molar-refractivity contribution in [2.45, 2.75) is 46.6 Å². The Hall–Kier alpha value is -1.06. The first-order valence-electron chi connectivity index (χ1n) is 7.59. The third-order valence-corrected chi connectivity index (χ3v) is 3.65. The smallest absolute Gasteiger partial charge is 0.119 e. The van der Waals surface area contributed by atoms with Gasteiger partial charge in [0.2, 0.25) is 0 Å². The van der Waals surface area contributed by atoms with Gasteiger partial charge in [-0.05, 0) is 68.6 Å². The maximum atomic E-state index is 10.6. The zero-order valence-electron chi connectivity index (χ0n) is 13.6. The van der Waals surface area contributed by atoms with Crippen LogP contribution in [-0.4, -0.2) is 36.8 Å². The van der Waals surface area contributed by atoms with Crippen LogP contribution in [0.5, 0.6) is 5.75 Å². The van der Waals surface area contributed by atoms with Crippen LogP contribution in [0.2, 0.25) is 0 Å². The molecule has 20 heavy (non-hydrogen) atoms. The first kappa shape index (κ1) is 17.0. The fraction of sp³-hybridized carbons (Fsp3) is 0.647. The Labute approximate surface area is 123 Å². The SMILES string of the molecule is CCCN(CCC)CC(O)c1c(C)cc(OC)cc1C. The van der Waals surface area contributed by atoms with Crippen LogP contribution in [0.4, 0.5) is 0 Å². The van der Waals surface area contributed by atoms with Gasteiger partial charge in [-0.1, -0.05) is 13.8 Å². The van der Waals surface area contributed by atoms with E-state index in [9.17, 15) is 5.11 Å². The van der Waals surface area contributed by atoms with Crippen LogP contribution >= 0.6 is 0 Å². The van der Waals surface area contributed by atoms with Crippen LogP contribution in [0.1, 0.15) is 49.5 Å². The van der Waals surface area contributed by atoms with Gasteiger partial charge >= 0.3 is 0 Å². The number of aliphatic hydroxyl groups is 1. The first-order valence-corrected chi connectivity index (χ1v) is 7.59. The summed E-state index contributed by atoms with van der Waals surface area (Å²) in [6.45, 7) is 11.2. The summed E-state index contributed by atoms with van der Waals surface area (Å²) in [5, 5.41) is 10.6. The molecule has 0 aliphatic carbocycles. The molecule has 1 aromatic rings. The van der Waals surface area contributed by atoms with Crippen molar-refractivity contribution >= 4 is 0 Å². The minimum Gasteiger partial charge on any atom is -0.497 e. The average molecular weight is 279 g/mol. The summed E-state index contributed by atoms with van der Waals surface area (Å²) < 4.78 is 5.28. The number of hydrogen-bond acceptors (Lipinski definition) is 3. The second-order valence-corrected chi connectivity index (χ2v) is 5.49. The fourth-order valence-electron chi connectivity index (χ4n) is 2.84. The molecule has 0 fully saturated rings. The number of aryl methyl sites for hydroxylation is 2. The molecule has 114 valence electrons. The van der Waals surface area contributed by atoms with Crippen LogP contribution in [0.3, 0.4) is 0 Å². The molecule has 0 amide bonds. The Kier molecular flexibility index (Phi) is 7.03. The van der Waals surface area contributed by atoms with Gasteiger partial charge < -0.3 is 14.7 Å². The van der Waals surface area contributed by atoms with Gasteiger partial charge in [0.05, 0.1) is 13.2 Å². The minimum absolute atomic E-state index is 0.431. The number of rotatable bonds is 8. The van der Waals surface area contributed by atoms with Crippen molar-refractivity contribution < 1.29 is 9.84 Å². The number of hydrogen-bond donors (Lipinski definition) is 1. The molecule has 0 aliphatic rings. The van der Waals surface area contributed by atoms with E-state index in [-0.39, 0.29) is 0 Å². The normalized spacial score (nSPS) is 12.8. The lowest BCUT2D eigenvalue weighted by atomic mass is 9.97. The van der Waals surface area contributed by atoms with E-state index in [1.54, 1.807) is 7.11 Å². The lowest BCUT2D eigenvalue weighted by molar-refractivity contribution is 0.112. The summed E-state index contributed by atoms with van der Waals surface area (Å²) in [5.74, 6) is 0.856. The van der Waals surface area contributed by atoms with Crippen LogP contribution in [0, 0.1) is 13.8 Å². The van der Waals surface area contributed by atoms with E-state index in [0.29, 0.717) is 6.54 Å². The van der Waals surface area contributed by atoms with Crippen LogP contribution in [0.25, 0.3) is 0 Å². The standard InChI is InChI=1S/C17H29NO2/c1-6-8-18(9-7-2)12-16(19)17-13(3)10-15(20-5)11-14(17)4/h10-11,16,19H,6-9,12H2,1-5H3. The van der Waals surface area contributed by atoms with Gasteiger partial charge in [0.15, 0.2) is 0 Å². The molecule has 3 heteroatoms. The predicted molar refractivity (Wildman–Crippen MR) is 84.4 cm³/mol. The highest BCUT2D eigenvalue weighted by atomic mass is 16.5. The van der Waals surface area contributed by atoms with Gasteiger partial charge in [0.1, 0.15) is 5.75 Å². The van der Waals surface area contributed by atoms with Crippen molar-refractivity contribution in [1.82, 2.24) is 4.90 Å². The molecule has 0 aliphatic heterocycles. The predicted octanol–water partition coefficient (Wildman–Crippen LogP) is 3.47. The average Bonchev–Trinajstić information content (AvgIpc) is 2.38. The van der Waals surface area contributed by atoms with E-state index in [2.05, 4.69) is 18.7 Å². The molecule has 0 saturated carbocycles. The Bertz CT molecular complexity index is 388. The lowest BCUT2D eigenvalue weighted by Gasteiger charge is -2.26. The molecule has 1 N–H and O–H groups in total. The van der Waals surface area contributed by atoms with E-state index >= 15 is 0 Å². The van der Waals surface area contributed by atoms with Gasteiger partial charge in [-0.2, -0.15) is 0 Å². The molecule has 1 unspecified atom stereocenters. The van der Waals surface area contributed by atoms with Gasteiger partial charge in [-0.3, -0.25) is 0 Å². The maximum Gasteiger partial charge on any atom is 0.119 e. The van der Waals surface area contributed by atoms with Crippen molar-refractivity contribution in [2.75, 3.05) is 26.7 Å². The third kappa shape index (κ3) is 4.50. The quantitative estimate of drug-likeness (QED) is 0.791. The maximum absolute atomic E-state index is 10.6. The zero-order valence-corrected chi connectivity index (χ0v) is 13.6. The van der Waals surface area contributed by atoms with Crippen LogP contribution in [-0.2, 0) is 0 Å². The Morgan fingerprint density at radius 3 is 2.00 bits per heavy atom. The molecule has 1 aromatic carbocycles. The van der Waals surface area contributed by atoms with E-state index in [4.69, 9.17) is 4.74 Å². The van der Waals surface area contributed by atoms with Gasteiger partial charge in [0, 0.05) is 6.54 Å². The van der Waals surface area contributed by atoms with E-state index in [1.165, 1.54) is 0 Å². The second kappa shape index (κ2) is 8.28. The minimum atomic E-state index is -0.431. The van der Waals surface area contributed by atoms with Crippen molar-refractivity contribution in [2.24, 2.45) is 0 Å². The molecule has 0 aromatic heterocycles. The Morgan fingerprint density at radius 2 is 1.60 bits per heavy atom. The molecule has 1 atom stereocenters. The highest BCUT2D eigenvalue weighted by Gasteiger charge is 2.17. The molecule has 0 heterocycles. The summed E-state index contributed by atoms with van der Waals surface area (Å²) >= 11 is 0. The van der Waals surface area contributed by atoms with Crippen LogP contribution < -0.4 is 4.74 Å². The highest BCUT2D eigenvalue weighted by Crippen LogP contribution is 2.27. The zero-order chi connectivity index (χ0) is 15.1. The Balaban J connectivity index is 2.88. The van der Waals surface area contributed by atoms with Crippen molar-refractivity contribution in [3.05, 3.63) is 28.8 Å². The van der Waals surface area contributed by atoms with Crippen LogP contribution in [0.15, 0.2) is 12.1 Å². The number of aliphatic hydroxyl groups excluding tert-OH is 1. The Morgan fingerprint density at radius 1 is 1.10 bits per heavy atom. The molecular formula is C17H29NO2. The van der Waals surface area contributed by atoms with E-state index in [0.717, 1.165) is 48.4 Å². The largest absolute Gasteiger partial charge is 0.497 e. The van der Waals surface area contributed by atoms with Crippen molar-refractivity contribution in [3.63, 3.8) is 0 Å². The summed E-state index contributed by atoms with van der Waals surface area (Å²) in [6, 6.07) is 3.99. The molecule has 0 bridgehead atoms. The summed E-state index contributed by atoms with van der Waals surface area (Å²) in [6.07, 6.45) is 1.81. The summed E-state index contributed by atoms with van der Waals surface area (Å²) in [7, 11) is 1.68. The number of benzene rings is 1. The van der Waals surface area contributed by atoms with Crippen molar-refractivity contribution in [3.8, 4) is 5.75 Å². The van der Waals surface area contributed by atoms with Gasteiger partial charge in [-0.15, -0.1) is 0 Å². The fourth-order valence-corrected chi connectivity index (χ4v) is 2.84. The molecule has 3 nitrogen and oxygen atoms in total. The molecule has 1 rings (SSSR count). The number of ether oxygens (including phenoxy) is 1. The summed E-state index contributed by atoms with van der Waals surface area (Å²) in [5.41, 5.74) is 3.24. The third-order valence-electron chi connectivity index (χ3n) is 3.65. The first-order chi connectivity index (χ1) is 9.53.